The first kappa shape index (κ1) is 46.1. The maximum atomic E-state index is 14.4. The standard InChI is InChI=1S/C66H52F3N3/c1-39-18-20-46(21-19-39)54-36-52(59-38-58(48-14-10-8-11-15-48)70-65(71-59)49-16-12-9-13-17-49)37-55(47-22-26-53(27-23-47)66(67,68)69)64(54)72-60-28-24-50(62-42(4)30-40(2)31-43(62)5)34-56(60)57-35-51(25-29-61(57)72)63-44(6)32-41(3)33-45(63)7/h8-38H,1-7H3. The molecular formula is C66H52F3N3. The lowest BCUT2D eigenvalue weighted by molar-refractivity contribution is -0.137. The molecule has 11 rings (SSSR count). The molecule has 0 fully saturated rings. The van der Waals surface area contributed by atoms with Gasteiger partial charge in [0.1, 0.15) is 0 Å². The minimum Gasteiger partial charge on any atom is -0.308 e. The summed E-state index contributed by atoms with van der Waals surface area (Å²) >= 11 is 0. The monoisotopic (exact) mass is 943 g/mol. The van der Waals surface area contributed by atoms with Gasteiger partial charge in [0.2, 0.25) is 0 Å². The van der Waals surface area contributed by atoms with Gasteiger partial charge in [0.25, 0.3) is 0 Å². The number of halogens is 3. The van der Waals surface area contributed by atoms with Gasteiger partial charge in [0.05, 0.1) is 33.7 Å². The molecule has 0 radical (unpaired) electrons. The number of hydrogen-bond acceptors (Lipinski definition) is 2. The number of alkyl halides is 3. The van der Waals surface area contributed by atoms with Crippen molar-refractivity contribution in [3.8, 4) is 84.1 Å². The summed E-state index contributed by atoms with van der Waals surface area (Å²) in [5, 5.41) is 2.14. The molecule has 72 heavy (non-hydrogen) atoms. The highest BCUT2D eigenvalue weighted by atomic mass is 19.4. The van der Waals surface area contributed by atoms with Crippen LogP contribution in [0.4, 0.5) is 13.2 Å². The van der Waals surface area contributed by atoms with E-state index in [-0.39, 0.29) is 0 Å². The average Bonchev–Trinajstić information content (AvgIpc) is 3.68. The van der Waals surface area contributed by atoms with E-state index < -0.39 is 11.7 Å². The van der Waals surface area contributed by atoms with Crippen molar-refractivity contribution >= 4 is 21.8 Å². The third-order valence-electron chi connectivity index (χ3n) is 14.0. The van der Waals surface area contributed by atoms with E-state index in [0.717, 1.165) is 83.3 Å². The fourth-order valence-electron chi connectivity index (χ4n) is 10.9. The zero-order valence-electron chi connectivity index (χ0n) is 41.4. The van der Waals surface area contributed by atoms with E-state index >= 15 is 0 Å². The number of rotatable bonds is 8. The number of benzene rings is 9. The molecule has 0 bridgehead atoms. The molecule has 2 heterocycles. The summed E-state index contributed by atoms with van der Waals surface area (Å²) in [6, 6.07) is 62.8. The molecule has 11 aromatic rings. The van der Waals surface area contributed by atoms with Crippen molar-refractivity contribution in [2.75, 3.05) is 0 Å². The fourth-order valence-corrected chi connectivity index (χ4v) is 10.9. The smallest absolute Gasteiger partial charge is 0.308 e. The van der Waals surface area contributed by atoms with Crippen LogP contribution in [0.15, 0.2) is 188 Å². The zero-order chi connectivity index (χ0) is 50.0. The van der Waals surface area contributed by atoms with Crippen LogP contribution in [0.2, 0.25) is 0 Å². The molecule has 0 aliphatic heterocycles. The first-order valence-electron chi connectivity index (χ1n) is 24.4. The van der Waals surface area contributed by atoms with Gasteiger partial charge in [-0.2, -0.15) is 13.2 Å². The number of aryl methyl sites for hydroxylation is 7. The lowest BCUT2D eigenvalue weighted by Crippen LogP contribution is -2.05. The Balaban J connectivity index is 1.27. The maximum absolute atomic E-state index is 14.4. The van der Waals surface area contributed by atoms with E-state index in [1.807, 2.05) is 66.7 Å². The van der Waals surface area contributed by atoms with E-state index in [0.29, 0.717) is 17.1 Å². The van der Waals surface area contributed by atoms with Gasteiger partial charge < -0.3 is 4.57 Å². The third-order valence-corrected chi connectivity index (χ3v) is 14.0. The van der Waals surface area contributed by atoms with Gasteiger partial charge >= 0.3 is 6.18 Å². The predicted octanol–water partition coefficient (Wildman–Crippen LogP) is 18.4. The lowest BCUT2D eigenvalue weighted by atomic mass is 9.90. The van der Waals surface area contributed by atoms with Crippen LogP contribution in [0, 0.1) is 48.5 Å². The minimum atomic E-state index is -4.51. The Bertz CT molecular complexity index is 3670. The highest BCUT2D eigenvalue weighted by molar-refractivity contribution is 6.13. The molecule has 0 saturated heterocycles. The van der Waals surface area contributed by atoms with Gasteiger partial charge in [-0.15, -0.1) is 0 Å². The van der Waals surface area contributed by atoms with E-state index in [4.69, 9.17) is 9.97 Å². The summed E-state index contributed by atoms with van der Waals surface area (Å²) in [7, 11) is 0. The summed E-state index contributed by atoms with van der Waals surface area (Å²) in [4.78, 5) is 10.4. The molecule has 0 spiro atoms. The number of hydrogen-bond donors (Lipinski definition) is 0. The average molecular weight is 944 g/mol. The van der Waals surface area contributed by atoms with Gasteiger partial charge in [0.15, 0.2) is 5.82 Å². The second-order valence-corrected chi connectivity index (χ2v) is 19.4. The second-order valence-electron chi connectivity index (χ2n) is 19.4. The third kappa shape index (κ3) is 8.47. The van der Waals surface area contributed by atoms with Crippen LogP contribution in [0.3, 0.4) is 0 Å². The molecule has 0 aliphatic carbocycles. The Morgan fingerprint density at radius 1 is 0.361 bits per heavy atom. The molecule has 0 unspecified atom stereocenters. The zero-order valence-corrected chi connectivity index (χ0v) is 41.4. The van der Waals surface area contributed by atoms with Crippen LogP contribution < -0.4 is 0 Å². The maximum Gasteiger partial charge on any atom is 0.416 e. The number of aromatic nitrogens is 3. The van der Waals surface area contributed by atoms with Gasteiger partial charge in [-0.25, -0.2) is 9.97 Å². The summed E-state index contributed by atoms with van der Waals surface area (Å²) in [6.45, 7) is 15.1. The molecule has 0 N–H and O–H groups in total. The molecule has 2 aromatic heterocycles. The Morgan fingerprint density at radius 2 is 0.778 bits per heavy atom. The summed E-state index contributed by atoms with van der Waals surface area (Å²) in [5.41, 5.74) is 22.4. The topological polar surface area (TPSA) is 30.7 Å². The normalized spacial score (nSPS) is 11.8. The van der Waals surface area contributed by atoms with Crippen LogP contribution in [0.1, 0.15) is 44.5 Å². The highest BCUT2D eigenvalue weighted by Crippen LogP contribution is 2.47. The SMILES string of the molecule is Cc1ccc(-c2cc(-c3cc(-c4ccccc4)nc(-c4ccccc4)n3)cc(-c3ccc(C(F)(F)F)cc3)c2-n2c3ccc(-c4c(C)cc(C)cc4C)cc3c3cc(-c4c(C)cc(C)cc4C)ccc32)cc1. The summed E-state index contributed by atoms with van der Waals surface area (Å²) in [6.07, 6.45) is -4.51. The molecule has 352 valence electrons. The van der Waals surface area contributed by atoms with Crippen molar-refractivity contribution in [2.45, 2.75) is 54.6 Å². The molecule has 0 atom stereocenters. The van der Waals surface area contributed by atoms with Crippen molar-refractivity contribution in [1.82, 2.24) is 14.5 Å². The molecule has 0 saturated carbocycles. The Morgan fingerprint density at radius 3 is 1.24 bits per heavy atom. The van der Waals surface area contributed by atoms with E-state index in [2.05, 4.69) is 150 Å². The van der Waals surface area contributed by atoms with Crippen molar-refractivity contribution in [3.63, 3.8) is 0 Å². The molecule has 6 heteroatoms. The first-order valence-corrected chi connectivity index (χ1v) is 24.4. The predicted molar refractivity (Wildman–Crippen MR) is 293 cm³/mol. The number of fused-ring (bicyclic) bond motifs is 3. The van der Waals surface area contributed by atoms with E-state index in [9.17, 15) is 13.2 Å². The van der Waals surface area contributed by atoms with Crippen LogP contribution in [0.25, 0.3) is 106 Å². The molecule has 3 nitrogen and oxygen atoms in total. The van der Waals surface area contributed by atoms with E-state index in [1.165, 1.54) is 56.6 Å². The van der Waals surface area contributed by atoms with Gasteiger partial charge in [-0.1, -0.05) is 150 Å². The summed E-state index contributed by atoms with van der Waals surface area (Å²) in [5.74, 6) is 0.566. The molecule has 0 amide bonds. The van der Waals surface area contributed by atoms with Gasteiger partial charge in [0, 0.05) is 38.6 Å². The Kier molecular flexibility index (Phi) is 11.6. The van der Waals surface area contributed by atoms with Crippen LogP contribution in [-0.2, 0) is 6.18 Å². The first-order chi connectivity index (χ1) is 34.7. The Labute approximate surface area is 419 Å². The van der Waals surface area contributed by atoms with Gasteiger partial charge in [-0.3, -0.25) is 0 Å². The molecular weight excluding hydrogens is 892 g/mol. The molecule has 0 aliphatic rings. The van der Waals surface area contributed by atoms with Gasteiger partial charge in [-0.05, 0) is 159 Å². The van der Waals surface area contributed by atoms with Crippen LogP contribution in [-0.4, -0.2) is 14.5 Å². The fraction of sp³-hybridized carbons (Fsp3) is 0.121. The number of nitrogens with zero attached hydrogens (tertiary/aromatic N) is 3. The quantitative estimate of drug-likeness (QED) is 0.152. The van der Waals surface area contributed by atoms with E-state index in [1.54, 1.807) is 12.1 Å². The minimum absolute atomic E-state index is 0.566. The van der Waals surface area contributed by atoms with Crippen molar-refractivity contribution < 1.29 is 13.2 Å². The Hall–Kier alpha value is -8.35. The largest absolute Gasteiger partial charge is 0.416 e. The summed E-state index contributed by atoms with van der Waals surface area (Å²) < 4.78 is 45.4. The molecule has 9 aromatic carbocycles. The highest BCUT2D eigenvalue weighted by Gasteiger charge is 2.31. The van der Waals surface area contributed by atoms with Crippen LogP contribution in [0.5, 0.6) is 0 Å². The van der Waals surface area contributed by atoms with Crippen molar-refractivity contribution in [1.29, 1.82) is 0 Å². The lowest BCUT2D eigenvalue weighted by Gasteiger charge is -2.22. The van der Waals surface area contributed by atoms with Crippen molar-refractivity contribution in [2.24, 2.45) is 0 Å². The second kappa shape index (κ2) is 18.1. The van der Waals surface area contributed by atoms with Crippen LogP contribution >= 0.6 is 0 Å². The van der Waals surface area contributed by atoms with Crippen molar-refractivity contribution in [3.05, 3.63) is 233 Å².